The standard InChI is InChI=1S/C15H14BrN3O3S2/c16-10-6-5-8(22-10)13(21)18-15(23)19-14-11(12(17)20)7-3-1-2-4-9(7)24-14/h5-6H,1-4H2,(H2,17,20)(H2,18,19,21,23). The van der Waals surface area contributed by atoms with Crippen LogP contribution in [0.1, 0.15) is 44.2 Å². The SMILES string of the molecule is NC(=O)c1c(NC(=S)NC(=O)c2ccc(Br)o2)sc2c1CCCC2. The Bertz CT molecular complexity index is 828. The second-order valence-electron chi connectivity index (χ2n) is 5.29. The Labute approximate surface area is 155 Å². The van der Waals surface area contributed by atoms with Crippen molar-refractivity contribution in [3.05, 3.63) is 38.6 Å². The maximum absolute atomic E-state index is 12.0. The van der Waals surface area contributed by atoms with Crippen LogP contribution in [0.25, 0.3) is 0 Å². The summed E-state index contributed by atoms with van der Waals surface area (Å²) in [5, 5.41) is 6.12. The second-order valence-corrected chi connectivity index (χ2v) is 7.59. The van der Waals surface area contributed by atoms with E-state index in [2.05, 4.69) is 26.6 Å². The molecule has 2 aromatic heterocycles. The molecule has 0 saturated carbocycles. The Balaban J connectivity index is 1.76. The van der Waals surface area contributed by atoms with E-state index < -0.39 is 11.8 Å². The number of thiocarbonyl (C=S) groups is 1. The molecule has 0 fully saturated rings. The zero-order valence-electron chi connectivity index (χ0n) is 12.5. The molecule has 6 nitrogen and oxygen atoms in total. The average Bonchev–Trinajstić information content (AvgIpc) is 3.10. The van der Waals surface area contributed by atoms with Crippen LogP contribution < -0.4 is 16.4 Å². The molecule has 2 aromatic rings. The first-order valence-electron chi connectivity index (χ1n) is 7.27. The molecule has 0 radical (unpaired) electrons. The lowest BCUT2D eigenvalue weighted by Crippen LogP contribution is -2.34. The van der Waals surface area contributed by atoms with Gasteiger partial charge in [-0.25, -0.2) is 0 Å². The van der Waals surface area contributed by atoms with Gasteiger partial charge in [0.25, 0.3) is 11.8 Å². The molecule has 0 bridgehead atoms. The van der Waals surface area contributed by atoms with Crippen LogP contribution in [0.5, 0.6) is 0 Å². The fourth-order valence-electron chi connectivity index (χ4n) is 2.65. The minimum Gasteiger partial charge on any atom is -0.444 e. The largest absolute Gasteiger partial charge is 0.444 e. The van der Waals surface area contributed by atoms with E-state index in [4.69, 9.17) is 22.4 Å². The van der Waals surface area contributed by atoms with Gasteiger partial charge in [0.1, 0.15) is 5.00 Å². The normalized spacial score (nSPS) is 13.2. The first-order chi connectivity index (χ1) is 11.5. The van der Waals surface area contributed by atoms with Crippen molar-refractivity contribution in [3.8, 4) is 0 Å². The smallest absolute Gasteiger partial charge is 0.293 e. The summed E-state index contributed by atoms with van der Waals surface area (Å²) in [6, 6.07) is 3.14. The molecule has 0 atom stereocenters. The number of halogens is 1. The van der Waals surface area contributed by atoms with Crippen LogP contribution in [-0.2, 0) is 12.8 Å². The van der Waals surface area contributed by atoms with Gasteiger partial charge in [-0.15, -0.1) is 11.3 Å². The quantitative estimate of drug-likeness (QED) is 0.653. The Morgan fingerprint density at radius 3 is 2.71 bits per heavy atom. The summed E-state index contributed by atoms with van der Waals surface area (Å²) < 4.78 is 5.62. The fourth-order valence-corrected chi connectivity index (χ4v) is 4.51. The Morgan fingerprint density at radius 2 is 2.04 bits per heavy atom. The number of hydrogen-bond acceptors (Lipinski definition) is 5. The van der Waals surface area contributed by atoms with Crippen molar-refractivity contribution in [2.24, 2.45) is 5.73 Å². The Kier molecular flexibility index (Phi) is 5.02. The third-order valence-electron chi connectivity index (χ3n) is 3.67. The highest BCUT2D eigenvalue weighted by Gasteiger charge is 2.24. The summed E-state index contributed by atoms with van der Waals surface area (Å²) in [6.45, 7) is 0. The number of nitrogens with two attached hydrogens (primary N) is 1. The van der Waals surface area contributed by atoms with Gasteiger partial charge >= 0.3 is 0 Å². The molecule has 0 saturated heterocycles. The van der Waals surface area contributed by atoms with E-state index in [0.29, 0.717) is 15.2 Å². The van der Waals surface area contributed by atoms with Crippen molar-refractivity contribution >= 4 is 61.4 Å². The summed E-state index contributed by atoms with van der Waals surface area (Å²) in [5.74, 6) is -0.826. The molecule has 9 heteroatoms. The lowest BCUT2D eigenvalue weighted by atomic mass is 9.95. The van der Waals surface area contributed by atoms with Gasteiger partial charge in [0, 0.05) is 4.88 Å². The molecule has 0 spiro atoms. The van der Waals surface area contributed by atoms with Gasteiger partial charge in [-0.05, 0) is 71.5 Å². The van der Waals surface area contributed by atoms with Crippen molar-refractivity contribution in [2.75, 3.05) is 5.32 Å². The van der Waals surface area contributed by atoms with Crippen LogP contribution in [0.3, 0.4) is 0 Å². The lowest BCUT2D eigenvalue weighted by molar-refractivity contribution is 0.0948. The zero-order valence-corrected chi connectivity index (χ0v) is 15.7. The molecule has 0 aromatic carbocycles. The van der Waals surface area contributed by atoms with Crippen molar-refractivity contribution < 1.29 is 14.0 Å². The molecule has 1 aliphatic carbocycles. The van der Waals surface area contributed by atoms with E-state index in [0.717, 1.165) is 36.1 Å². The molecule has 2 amide bonds. The highest BCUT2D eigenvalue weighted by Crippen LogP contribution is 2.37. The highest BCUT2D eigenvalue weighted by atomic mass is 79.9. The molecular weight excluding hydrogens is 414 g/mol. The molecule has 1 aliphatic rings. The third-order valence-corrected chi connectivity index (χ3v) is 5.51. The summed E-state index contributed by atoms with van der Waals surface area (Å²) in [5.41, 5.74) is 7.01. The fraction of sp³-hybridized carbons (Fsp3) is 0.267. The number of fused-ring (bicyclic) bond motifs is 1. The van der Waals surface area contributed by atoms with Crippen LogP contribution in [0.15, 0.2) is 21.2 Å². The number of rotatable bonds is 3. The number of amides is 2. The van der Waals surface area contributed by atoms with Crippen LogP contribution >= 0.6 is 39.5 Å². The van der Waals surface area contributed by atoms with E-state index in [-0.39, 0.29) is 10.9 Å². The summed E-state index contributed by atoms with van der Waals surface area (Å²) in [4.78, 5) is 25.0. The van der Waals surface area contributed by atoms with Gasteiger partial charge in [-0.1, -0.05) is 0 Å². The van der Waals surface area contributed by atoms with Crippen LogP contribution in [0.2, 0.25) is 0 Å². The van der Waals surface area contributed by atoms with E-state index in [1.165, 1.54) is 17.4 Å². The van der Waals surface area contributed by atoms with E-state index in [1.807, 2.05) is 0 Å². The molecule has 0 aliphatic heterocycles. The van der Waals surface area contributed by atoms with Crippen molar-refractivity contribution in [1.82, 2.24) is 5.32 Å². The first-order valence-corrected chi connectivity index (χ1v) is 9.29. The highest BCUT2D eigenvalue weighted by molar-refractivity contribution is 9.10. The molecule has 4 N–H and O–H groups in total. The van der Waals surface area contributed by atoms with Gasteiger partial charge in [0.05, 0.1) is 5.56 Å². The summed E-state index contributed by atoms with van der Waals surface area (Å²) in [6.07, 6.45) is 3.91. The first kappa shape index (κ1) is 17.1. The number of furan rings is 1. The van der Waals surface area contributed by atoms with E-state index in [9.17, 15) is 9.59 Å². The molecule has 2 heterocycles. The Hall–Kier alpha value is -1.71. The molecule has 3 rings (SSSR count). The maximum atomic E-state index is 12.0. The van der Waals surface area contributed by atoms with E-state index in [1.54, 1.807) is 6.07 Å². The molecule has 24 heavy (non-hydrogen) atoms. The second kappa shape index (κ2) is 7.04. The van der Waals surface area contributed by atoms with Crippen LogP contribution in [0.4, 0.5) is 5.00 Å². The number of carbonyl (C=O) groups excluding carboxylic acids is 2. The Morgan fingerprint density at radius 1 is 1.29 bits per heavy atom. The number of hydrogen-bond donors (Lipinski definition) is 3. The summed E-state index contributed by atoms with van der Waals surface area (Å²) >= 11 is 9.76. The molecule has 126 valence electrons. The predicted molar refractivity (Wildman–Crippen MR) is 99.6 cm³/mol. The van der Waals surface area contributed by atoms with Crippen LogP contribution in [-0.4, -0.2) is 16.9 Å². The zero-order chi connectivity index (χ0) is 17.3. The lowest BCUT2D eigenvalue weighted by Gasteiger charge is -2.11. The van der Waals surface area contributed by atoms with Crippen LogP contribution in [0, 0.1) is 0 Å². The molecule has 0 unspecified atom stereocenters. The van der Waals surface area contributed by atoms with Crippen molar-refractivity contribution in [3.63, 3.8) is 0 Å². The van der Waals surface area contributed by atoms with Gasteiger partial charge in [0.2, 0.25) is 0 Å². The maximum Gasteiger partial charge on any atom is 0.293 e. The number of primary amides is 1. The van der Waals surface area contributed by atoms with E-state index >= 15 is 0 Å². The minimum atomic E-state index is -0.485. The number of aryl methyl sites for hydroxylation is 1. The van der Waals surface area contributed by atoms with Crippen molar-refractivity contribution in [2.45, 2.75) is 25.7 Å². The summed E-state index contributed by atoms with van der Waals surface area (Å²) in [7, 11) is 0. The topological polar surface area (TPSA) is 97.4 Å². The van der Waals surface area contributed by atoms with Gasteiger partial charge in [-0.3, -0.25) is 14.9 Å². The number of carbonyl (C=O) groups is 2. The number of nitrogens with one attached hydrogen (secondary N) is 2. The monoisotopic (exact) mass is 427 g/mol. The number of thiophene rings is 1. The van der Waals surface area contributed by atoms with Gasteiger partial charge in [-0.2, -0.15) is 0 Å². The predicted octanol–water partition coefficient (Wildman–Crippen LogP) is 3.21. The average molecular weight is 428 g/mol. The van der Waals surface area contributed by atoms with Crippen molar-refractivity contribution in [1.29, 1.82) is 0 Å². The van der Waals surface area contributed by atoms with Gasteiger partial charge < -0.3 is 15.5 Å². The molecular formula is C15H14BrN3O3S2. The third kappa shape index (κ3) is 3.52. The minimum absolute atomic E-state index is 0.0913. The van der Waals surface area contributed by atoms with Gasteiger partial charge in [0.15, 0.2) is 15.5 Å². The number of anilines is 1.